The minimum Gasteiger partial charge on any atom is -0.498 e. The third-order valence-electron chi connectivity index (χ3n) is 6.65. The lowest BCUT2D eigenvalue weighted by atomic mass is 10.1. The van der Waals surface area contributed by atoms with Gasteiger partial charge in [0, 0.05) is 50.2 Å². The van der Waals surface area contributed by atoms with Crippen LogP contribution in [-0.4, -0.2) is 60.3 Å². The molecule has 43 heavy (non-hydrogen) atoms. The van der Waals surface area contributed by atoms with Gasteiger partial charge in [-0.25, -0.2) is 9.78 Å². The number of carbonyl (C=O) groups is 2. The van der Waals surface area contributed by atoms with E-state index in [1.807, 2.05) is 54.7 Å². The highest BCUT2D eigenvalue weighted by Gasteiger charge is 2.15. The molecule has 230 valence electrons. The Labute approximate surface area is 255 Å². The second-order valence-corrected chi connectivity index (χ2v) is 10.3. The van der Waals surface area contributed by atoms with E-state index in [0.29, 0.717) is 31.2 Å². The summed E-state index contributed by atoms with van der Waals surface area (Å²) < 4.78 is 11.4. The smallest absolute Gasteiger partial charge is 0.335 e. The van der Waals surface area contributed by atoms with Gasteiger partial charge in [0.1, 0.15) is 11.6 Å². The fourth-order valence-electron chi connectivity index (χ4n) is 4.28. The van der Waals surface area contributed by atoms with Crippen molar-refractivity contribution in [3.05, 3.63) is 89.0 Å². The van der Waals surface area contributed by atoms with Gasteiger partial charge < -0.3 is 29.7 Å². The number of terminal acetylenes is 1. The molecule has 1 aromatic heterocycles. The van der Waals surface area contributed by atoms with Crippen LogP contribution in [0.15, 0.2) is 72.3 Å². The summed E-state index contributed by atoms with van der Waals surface area (Å²) in [5.74, 6) is 1.40. The Kier molecular flexibility index (Phi) is 14.4. The normalized spacial score (nSPS) is 13.7. The van der Waals surface area contributed by atoms with Crippen LogP contribution in [0.25, 0.3) is 5.76 Å². The Morgan fingerprint density at radius 3 is 2.63 bits per heavy atom. The number of nitrogens with zero attached hydrogens (tertiary/aromatic N) is 3. The molecular formula is C34H44N4O5. The summed E-state index contributed by atoms with van der Waals surface area (Å²) in [6.07, 6.45) is 16.7. The lowest BCUT2D eigenvalue weighted by Gasteiger charge is -2.25. The van der Waals surface area contributed by atoms with E-state index in [9.17, 15) is 9.59 Å². The van der Waals surface area contributed by atoms with Crippen LogP contribution in [0, 0.1) is 18.8 Å². The fraction of sp³-hybridized carbons (Fsp3) is 0.382. The van der Waals surface area contributed by atoms with Gasteiger partial charge in [-0.3, -0.25) is 4.79 Å². The quantitative estimate of drug-likeness (QED) is 0.119. The molecule has 0 fully saturated rings. The molecule has 0 radical (unpaired) electrons. The number of carboxylic acids is 1. The number of ether oxygens (including phenoxy) is 2. The number of benzene rings is 1. The Balaban J connectivity index is 0.00000316. The van der Waals surface area contributed by atoms with E-state index in [1.54, 1.807) is 32.1 Å². The molecule has 0 aliphatic carbocycles. The molecule has 2 N–H and O–H groups in total. The average molecular weight is 589 g/mol. The van der Waals surface area contributed by atoms with Crippen LogP contribution in [0.1, 0.15) is 62.0 Å². The maximum atomic E-state index is 12.8. The maximum Gasteiger partial charge on any atom is 0.335 e. The Hall–Kier alpha value is -4.71. The third-order valence-corrected chi connectivity index (χ3v) is 6.65. The molecule has 2 heterocycles. The molecule has 3 rings (SSSR count). The second-order valence-electron chi connectivity index (χ2n) is 10.3. The van der Waals surface area contributed by atoms with Crippen LogP contribution >= 0.6 is 0 Å². The zero-order chi connectivity index (χ0) is 31.8. The molecule has 1 amide bonds. The number of carboxylic acid groups (broad SMARTS) is 1. The summed E-state index contributed by atoms with van der Waals surface area (Å²) in [6.45, 7) is 10.8. The predicted octanol–water partition coefficient (Wildman–Crippen LogP) is 5.67. The van der Waals surface area contributed by atoms with Crippen LogP contribution in [-0.2, 0) is 20.8 Å². The van der Waals surface area contributed by atoms with Crippen LogP contribution in [0.5, 0.6) is 0 Å². The zero-order valence-corrected chi connectivity index (χ0v) is 25.9. The highest BCUT2D eigenvalue weighted by Crippen LogP contribution is 2.22. The van der Waals surface area contributed by atoms with E-state index in [2.05, 4.69) is 41.9 Å². The van der Waals surface area contributed by atoms with E-state index in [-0.39, 0.29) is 17.4 Å². The van der Waals surface area contributed by atoms with Crippen molar-refractivity contribution in [3.63, 3.8) is 0 Å². The number of carbonyl (C=O) groups excluding carboxylic acids is 1. The molecule has 2 aromatic rings. The lowest BCUT2D eigenvalue weighted by molar-refractivity contribution is -0.132. The molecule has 0 spiro atoms. The minimum atomic E-state index is -0.967. The standard InChI is InChI=1S/C32H42N4O5.C2H2/c1-6-14-36(15-13-23(3)21-40-24(4)16-26(7-2)32(38)39)30-12-11-25(18-33-30)19-34-31(37)28-10-8-9-27(17-28)29-20-35(5)22-41-29;1-2/h7-12,16-18,20,23H,6,13-15,19,21-22H2,1-5H3,(H,34,37)(H,38,39);1-2H/b24-16+,26-7+;. The Morgan fingerprint density at radius 1 is 1.26 bits per heavy atom. The van der Waals surface area contributed by atoms with E-state index in [4.69, 9.17) is 14.6 Å². The number of pyridine rings is 1. The van der Waals surface area contributed by atoms with Gasteiger partial charge in [0.25, 0.3) is 5.91 Å². The van der Waals surface area contributed by atoms with Crippen molar-refractivity contribution in [3.8, 4) is 12.8 Å². The maximum absolute atomic E-state index is 12.8. The van der Waals surface area contributed by atoms with E-state index in [1.165, 1.54) is 0 Å². The summed E-state index contributed by atoms with van der Waals surface area (Å²) in [4.78, 5) is 32.9. The second kappa shape index (κ2) is 18.0. The number of anilines is 1. The number of aromatic nitrogens is 1. The predicted molar refractivity (Wildman–Crippen MR) is 171 cm³/mol. The topological polar surface area (TPSA) is 104 Å². The van der Waals surface area contributed by atoms with Gasteiger partial charge in [-0.2, -0.15) is 0 Å². The highest BCUT2D eigenvalue weighted by molar-refractivity contribution is 5.95. The third kappa shape index (κ3) is 11.2. The number of hydrogen-bond donors (Lipinski definition) is 2. The van der Waals surface area contributed by atoms with Gasteiger partial charge in [0.05, 0.1) is 17.9 Å². The molecule has 0 bridgehead atoms. The van der Waals surface area contributed by atoms with E-state index < -0.39 is 5.97 Å². The van der Waals surface area contributed by atoms with Crippen molar-refractivity contribution in [1.82, 2.24) is 15.2 Å². The highest BCUT2D eigenvalue weighted by atomic mass is 16.5. The van der Waals surface area contributed by atoms with Crippen molar-refractivity contribution in [1.29, 1.82) is 0 Å². The molecule has 1 aromatic carbocycles. The van der Waals surface area contributed by atoms with Crippen LogP contribution in [0.4, 0.5) is 5.82 Å². The number of rotatable bonds is 15. The van der Waals surface area contributed by atoms with Gasteiger partial charge in [-0.1, -0.05) is 38.1 Å². The summed E-state index contributed by atoms with van der Waals surface area (Å²) in [7, 11) is 1.94. The Morgan fingerprint density at radius 2 is 2.02 bits per heavy atom. The number of allylic oxidation sites excluding steroid dienone is 2. The first-order chi connectivity index (χ1) is 20.7. The first kappa shape index (κ1) is 34.5. The molecule has 1 aliphatic heterocycles. The number of nitrogens with one attached hydrogen (secondary N) is 1. The first-order valence-electron chi connectivity index (χ1n) is 14.4. The van der Waals surface area contributed by atoms with Crippen molar-refractivity contribution in [2.24, 2.45) is 5.92 Å². The van der Waals surface area contributed by atoms with Crippen LogP contribution in [0.2, 0.25) is 0 Å². The molecule has 0 saturated carbocycles. The number of amides is 1. The van der Waals surface area contributed by atoms with Gasteiger partial charge in [0.15, 0.2) is 6.73 Å². The van der Waals surface area contributed by atoms with Gasteiger partial charge in [-0.15, -0.1) is 12.8 Å². The van der Waals surface area contributed by atoms with Gasteiger partial charge in [-0.05, 0) is 62.4 Å². The van der Waals surface area contributed by atoms with Crippen LogP contribution in [0.3, 0.4) is 0 Å². The summed E-state index contributed by atoms with van der Waals surface area (Å²) in [6, 6.07) is 11.4. The van der Waals surface area contributed by atoms with E-state index in [0.717, 1.165) is 48.6 Å². The largest absolute Gasteiger partial charge is 0.498 e. The first-order valence-corrected chi connectivity index (χ1v) is 14.4. The van der Waals surface area contributed by atoms with Crippen molar-refractivity contribution in [2.75, 3.05) is 38.4 Å². The molecule has 0 saturated heterocycles. The summed E-state index contributed by atoms with van der Waals surface area (Å²) >= 11 is 0. The SMILES string of the molecule is C#C.C/C=C(\C=C(/C)OCC(C)CCN(CCC)c1ccc(CNC(=O)c2cccc(C3=CN(C)CO3)c2)cn1)C(=O)O. The van der Waals surface area contributed by atoms with Crippen LogP contribution < -0.4 is 10.2 Å². The molecule has 1 aliphatic rings. The Bertz CT molecular complexity index is 1310. The monoisotopic (exact) mass is 588 g/mol. The average Bonchev–Trinajstić information content (AvgIpc) is 3.47. The lowest BCUT2D eigenvalue weighted by Crippen LogP contribution is -2.28. The van der Waals surface area contributed by atoms with Gasteiger partial charge >= 0.3 is 5.97 Å². The zero-order valence-electron chi connectivity index (χ0n) is 25.9. The fourth-order valence-corrected chi connectivity index (χ4v) is 4.28. The molecule has 9 heteroatoms. The molecule has 1 unspecified atom stereocenters. The summed E-state index contributed by atoms with van der Waals surface area (Å²) in [5, 5.41) is 12.1. The molecule has 1 atom stereocenters. The minimum absolute atomic E-state index is 0.151. The van der Waals surface area contributed by atoms with Gasteiger partial charge in [0.2, 0.25) is 0 Å². The number of hydrogen-bond acceptors (Lipinski definition) is 7. The summed E-state index contributed by atoms with van der Waals surface area (Å²) in [5.41, 5.74) is 2.59. The van der Waals surface area contributed by atoms with Crippen molar-refractivity contribution in [2.45, 2.75) is 47.1 Å². The molecular weight excluding hydrogens is 544 g/mol. The van der Waals surface area contributed by atoms with E-state index >= 15 is 0 Å². The van der Waals surface area contributed by atoms with Crippen molar-refractivity contribution >= 4 is 23.5 Å². The number of aliphatic carboxylic acids is 1. The van der Waals surface area contributed by atoms with Crippen molar-refractivity contribution < 1.29 is 24.2 Å². The molecule has 9 nitrogen and oxygen atoms in total.